The van der Waals surface area contributed by atoms with Gasteiger partial charge in [-0.3, -0.25) is 9.78 Å². The fourth-order valence-corrected chi connectivity index (χ4v) is 3.77. The molecule has 0 radical (unpaired) electrons. The Labute approximate surface area is 138 Å². The summed E-state index contributed by atoms with van der Waals surface area (Å²) in [6, 6.07) is 9.89. The summed E-state index contributed by atoms with van der Waals surface area (Å²) in [5, 5.41) is 4.45. The van der Waals surface area contributed by atoms with Crippen LogP contribution in [0.4, 0.5) is 5.13 Å². The number of rotatable bonds is 4. The molecule has 0 fully saturated rings. The Bertz CT molecular complexity index is 785. The first-order chi connectivity index (χ1) is 10.2. The number of para-hydroxylation sites is 1. The van der Waals surface area contributed by atoms with Crippen molar-refractivity contribution in [3.05, 3.63) is 46.5 Å². The van der Waals surface area contributed by atoms with Crippen LogP contribution < -0.4 is 5.32 Å². The van der Waals surface area contributed by atoms with Crippen molar-refractivity contribution < 1.29 is 4.79 Å². The molecule has 0 bridgehead atoms. The fourth-order valence-electron chi connectivity index (χ4n) is 1.80. The molecular weight excluding hydrogens is 370 g/mol. The molecule has 3 rings (SSSR count). The Balaban J connectivity index is 1.67. The maximum atomic E-state index is 11.9. The van der Waals surface area contributed by atoms with Crippen LogP contribution in [0.1, 0.15) is 0 Å². The molecule has 0 spiro atoms. The molecular formula is C14H10BrN3OS2. The van der Waals surface area contributed by atoms with Gasteiger partial charge in [0.2, 0.25) is 5.91 Å². The van der Waals surface area contributed by atoms with Gasteiger partial charge in [0.1, 0.15) is 0 Å². The summed E-state index contributed by atoms with van der Waals surface area (Å²) >= 11 is 6.18. The van der Waals surface area contributed by atoms with Crippen LogP contribution in [0.25, 0.3) is 10.9 Å². The van der Waals surface area contributed by atoms with E-state index in [1.54, 1.807) is 12.4 Å². The molecule has 1 amide bonds. The van der Waals surface area contributed by atoms with E-state index >= 15 is 0 Å². The fraction of sp³-hybridized carbons (Fsp3) is 0.0714. The second-order valence-corrected chi connectivity index (χ2v) is 7.56. The van der Waals surface area contributed by atoms with Crippen LogP contribution in [-0.4, -0.2) is 21.6 Å². The molecule has 3 aromatic rings. The lowest BCUT2D eigenvalue weighted by atomic mass is 10.2. The predicted molar refractivity (Wildman–Crippen MR) is 90.9 cm³/mol. The van der Waals surface area contributed by atoms with Crippen molar-refractivity contribution in [1.29, 1.82) is 0 Å². The third kappa shape index (κ3) is 3.61. The van der Waals surface area contributed by atoms with Crippen molar-refractivity contribution in [2.24, 2.45) is 0 Å². The average Bonchev–Trinajstić information content (AvgIpc) is 2.90. The Morgan fingerprint density at radius 2 is 2.14 bits per heavy atom. The molecule has 2 heterocycles. The lowest BCUT2D eigenvalue weighted by Gasteiger charge is -2.05. The van der Waals surface area contributed by atoms with Gasteiger partial charge in [-0.2, -0.15) is 0 Å². The zero-order valence-electron chi connectivity index (χ0n) is 10.7. The average molecular weight is 380 g/mol. The number of amides is 1. The summed E-state index contributed by atoms with van der Waals surface area (Å²) in [5.41, 5.74) is 0.926. The van der Waals surface area contributed by atoms with E-state index in [-0.39, 0.29) is 5.91 Å². The third-order valence-electron chi connectivity index (χ3n) is 2.68. The number of anilines is 1. The first-order valence-corrected chi connectivity index (χ1v) is 8.69. The molecule has 21 heavy (non-hydrogen) atoms. The van der Waals surface area contributed by atoms with Crippen molar-refractivity contribution in [1.82, 2.24) is 9.97 Å². The highest BCUT2D eigenvalue weighted by atomic mass is 79.9. The summed E-state index contributed by atoms with van der Waals surface area (Å²) < 4.78 is 0.892. The van der Waals surface area contributed by atoms with E-state index in [9.17, 15) is 4.79 Å². The summed E-state index contributed by atoms with van der Waals surface area (Å²) in [6.45, 7) is 0. The smallest absolute Gasteiger partial charge is 0.236 e. The summed E-state index contributed by atoms with van der Waals surface area (Å²) in [7, 11) is 0. The molecule has 7 heteroatoms. The van der Waals surface area contributed by atoms with E-state index in [1.165, 1.54) is 23.1 Å². The summed E-state index contributed by atoms with van der Waals surface area (Å²) in [4.78, 5) is 21.4. The van der Waals surface area contributed by atoms with Gasteiger partial charge in [0.05, 0.1) is 21.3 Å². The minimum absolute atomic E-state index is 0.0743. The summed E-state index contributed by atoms with van der Waals surface area (Å²) in [6.07, 6.45) is 3.43. The molecule has 4 nitrogen and oxygen atoms in total. The van der Waals surface area contributed by atoms with Crippen LogP contribution in [0, 0.1) is 0 Å². The van der Waals surface area contributed by atoms with Crippen LogP contribution in [0.3, 0.4) is 0 Å². The van der Waals surface area contributed by atoms with E-state index in [2.05, 4.69) is 31.2 Å². The zero-order valence-corrected chi connectivity index (χ0v) is 14.0. The molecule has 106 valence electrons. The van der Waals surface area contributed by atoms with Gasteiger partial charge in [0.25, 0.3) is 0 Å². The number of hydrogen-bond donors (Lipinski definition) is 1. The molecule has 0 aliphatic carbocycles. The van der Waals surface area contributed by atoms with Gasteiger partial charge in [-0.15, -0.1) is 11.8 Å². The van der Waals surface area contributed by atoms with Gasteiger partial charge in [-0.1, -0.05) is 29.5 Å². The number of carbonyl (C=O) groups is 1. The summed E-state index contributed by atoms with van der Waals surface area (Å²) in [5.74, 6) is 0.252. The van der Waals surface area contributed by atoms with Crippen molar-refractivity contribution in [3.8, 4) is 0 Å². The van der Waals surface area contributed by atoms with E-state index in [1.807, 2.05) is 30.3 Å². The second kappa shape index (κ2) is 6.55. The number of fused-ring (bicyclic) bond motifs is 1. The Morgan fingerprint density at radius 3 is 2.95 bits per heavy atom. The number of thioether (sulfide) groups is 1. The van der Waals surface area contributed by atoms with Crippen molar-refractivity contribution in [2.45, 2.75) is 4.90 Å². The molecule has 0 aliphatic rings. The number of aromatic nitrogens is 2. The number of benzene rings is 1. The molecule has 2 aromatic heterocycles. The lowest BCUT2D eigenvalue weighted by Crippen LogP contribution is -2.13. The Hall–Kier alpha value is -1.44. The van der Waals surface area contributed by atoms with E-state index < -0.39 is 0 Å². The molecule has 0 saturated heterocycles. The van der Waals surface area contributed by atoms with Gasteiger partial charge in [0.15, 0.2) is 5.13 Å². The minimum Gasteiger partial charge on any atom is -0.301 e. The SMILES string of the molecule is O=C(CSc1cccc2cccnc12)Nc1ncc(Br)s1. The molecule has 0 saturated carbocycles. The standard InChI is InChI=1S/C14H10BrN3OS2/c15-11-7-17-14(21-11)18-12(19)8-20-10-5-1-3-9-4-2-6-16-13(9)10/h1-7H,8H2,(H,17,18,19). The monoisotopic (exact) mass is 379 g/mol. The zero-order chi connectivity index (χ0) is 14.7. The van der Waals surface area contributed by atoms with Gasteiger partial charge < -0.3 is 5.32 Å². The van der Waals surface area contributed by atoms with Gasteiger partial charge in [-0.05, 0) is 28.1 Å². The first-order valence-electron chi connectivity index (χ1n) is 6.10. The maximum absolute atomic E-state index is 11.9. The number of hydrogen-bond acceptors (Lipinski definition) is 5. The van der Waals surface area contributed by atoms with Gasteiger partial charge in [0, 0.05) is 16.5 Å². The van der Waals surface area contributed by atoms with Gasteiger partial charge >= 0.3 is 0 Å². The van der Waals surface area contributed by atoms with Crippen LogP contribution in [-0.2, 0) is 4.79 Å². The van der Waals surface area contributed by atoms with E-state index in [0.29, 0.717) is 10.9 Å². The van der Waals surface area contributed by atoms with Crippen LogP contribution >= 0.6 is 39.0 Å². The highest BCUT2D eigenvalue weighted by molar-refractivity contribution is 9.11. The number of nitrogens with one attached hydrogen (secondary N) is 1. The van der Waals surface area contributed by atoms with E-state index in [0.717, 1.165) is 19.6 Å². The third-order valence-corrected chi connectivity index (χ3v) is 5.12. The first kappa shape index (κ1) is 14.5. The largest absolute Gasteiger partial charge is 0.301 e. The molecule has 1 aromatic carbocycles. The van der Waals surface area contributed by atoms with E-state index in [4.69, 9.17) is 0 Å². The van der Waals surface area contributed by atoms with Crippen molar-refractivity contribution in [2.75, 3.05) is 11.1 Å². The van der Waals surface area contributed by atoms with Crippen LogP contribution in [0.2, 0.25) is 0 Å². The maximum Gasteiger partial charge on any atom is 0.236 e. The number of carbonyl (C=O) groups excluding carboxylic acids is 1. The van der Waals surface area contributed by atoms with Crippen molar-refractivity contribution in [3.63, 3.8) is 0 Å². The number of pyridine rings is 1. The number of halogens is 1. The lowest BCUT2D eigenvalue weighted by molar-refractivity contribution is -0.113. The molecule has 0 atom stereocenters. The minimum atomic E-state index is -0.0743. The number of nitrogens with zero attached hydrogens (tertiary/aromatic N) is 2. The highest BCUT2D eigenvalue weighted by Gasteiger charge is 2.08. The molecule has 0 aliphatic heterocycles. The molecule has 0 unspecified atom stereocenters. The predicted octanol–water partition coefficient (Wildman–Crippen LogP) is 4.18. The van der Waals surface area contributed by atoms with Gasteiger partial charge in [-0.25, -0.2) is 4.98 Å². The number of thiazole rings is 1. The molecule has 1 N–H and O–H groups in total. The topological polar surface area (TPSA) is 54.9 Å². The Kier molecular flexibility index (Phi) is 4.52. The quantitative estimate of drug-likeness (QED) is 0.690. The van der Waals surface area contributed by atoms with Crippen molar-refractivity contribution >= 4 is 61.0 Å². The second-order valence-electron chi connectivity index (χ2n) is 4.14. The highest BCUT2D eigenvalue weighted by Crippen LogP contribution is 2.27. The Morgan fingerprint density at radius 1 is 1.29 bits per heavy atom. The van der Waals surface area contributed by atoms with Crippen LogP contribution in [0.15, 0.2) is 51.4 Å². The van der Waals surface area contributed by atoms with Crippen LogP contribution in [0.5, 0.6) is 0 Å². The normalized spacial score (nSPS) is 10.7.